The summed E-state index contributed by atoms with van der Waals surface area (Å²) in [7, 11) is 2.10. The van der Waals surface area contributed by atoms with Crippen molar-refractivity contribution in [2.45, 2.75) is 31.7 Å². The van der Waals surface area contributed by atoms with Crippen LogP contribution in [-0.2, 0) is 4.74 Å². The quantitative estimate of drug-likeness (QED) is 0.534. The van der Waals surface area contributed by atoms with Gasteiger partial charge in [-0.3, -0.25) is 4.90 Å². The largest absolute Gasteiger partial charge is 0.379 e. The number of nitrogens with one attached hydrogen (secondary N) is 1. The molecule has 21 heavy (non-hydrogen) atoms. The van der Waals surface area contributed by atoms with Gasteiger partial charge in [-0.25, -0.2) is 0 Å². The molecule has 0 atom stereocenters. The lowest BCUT2D eigenvalue weighted by Crippen LogP contribution is -2.67. The first-order chi connectivity index (χ1) is 10.2. The van der Waals surface area contributed by atoms with Gasteiger partial charge in [0.25, 0.3) is 0 Å². The SMILES string of the molecule is C#CC1(N(C)CCOCCN2CCC(CC)CC2)CNC1. The monoisotopic (exact) mass is 293 g/mol. The first-order valence-electron chi connectivity index (χ1n) is 8.40. The van der Waals surface area contributed by atoms with Crippen LogP contribution in [0.3, 0.4) is 0 Å². The molecule has 0 spiro atoms. The zero-order valence-electron chi connectivity index (χ0n) is 13.7. The number of hydrogen-bond donors (Lipinski definition) is 1. The standard InChI is InChI=1S/C17H31N3O/c1-4-16-6-8-20(9-7-16)11-13-21-12-10-19(3)17(5-2)14-18-15-17/h2,16,18H,4,6-15H2,1,3H3. The zero-order chi connectivity index (χ0) is 15.1. The van der Waals surface area contributed by atoms with E-state index in [0.29, 0.717) is 0 Å². The third kappa shape index (κ3) is 4.43. The fourth-order valence-electron chi connectivity index (χ4n) is 3.17. The predicted octanol–water partition coefficient (Wildman–Crippen LogP) is 1.03. The van der Waals surface area contributed by atoms with E-state index in [-0.39, 0.29) is 5.54 Å². The molecule has 0 saturated carbocycles. The molecule has 0 aliphatic carbocycles. The molecule has 2 heterocycles. The van der Waals surface area contributed by atoms with Crippen molar-refractivity contribution in [2.75, 3.05) is 59.5 Å². The molecule has 0 unspecified atom stereocenters. The highest BCUT2D eigenvalue weighted by Gasteiger charge is 2.38. The molecule has 2 aliphatic rings. The number of piperidine rings is 1. The number of ether oxygens (including phenoxy) is 1. The molecule has 0 aromatic carbocycles. The molecule has 2 aliphatic heterocycles. The lowest BCUT2D eigenvalue weighted by molar-refractivity contribution is 0.0471. The summed E-state index contributed by atoms with van der Waals surface area (Å²) in [5.41, 5.74) is -0.0780. The molecule has 1 N–H and O–H groups in total. The molecule has 0 amide bonds. The third-order valence-corrected chi connectivity index (χ3v) is 5.24. The summed E-state index contributed by atoms with van der Waals surface area (Å²) in [5, 5.41) is 3.26. The maximum Gasteiger partial charge on any atom is 0.107 e. The molecule has 0 aromatic heterocycles. The summed E-state index contributed by atoms with van der Waals surface area (Å²) in [6.07, 6.45) is 9.69. The van der Waals surface area contributed by atoms with Gasteiger partial charge in [-0.2, -0.15) is 0 Å². The predicted molar refractivity (Wildman–Crippen MR) is 87.3 cm³/mol. The van der Waals surface area contributed by atoms with Gasteiger partial charge >= 0.3 is 0 Å². The normalized spacial score (nSPS) is 23.0. The Morgan fingerprint density at radius 1 is 1.33 bits per heavy atom. The third-order valence-electron chi connectivity index (χ3n) is 5.24. The minimum atomic E-state index is -0.0780. The van der Waals surface area contributed by atoms with Crippen molar-refractivity contribution in [3.8, 4) is 12.3 Å². The molecular weight excluding hydrogens is 262 g/mol. The van der Waals surface area contributed by atoms with E-state index >= 15 is 0 Å². The van der Waals surface area contributed by atoms with Crippen molar-refractivity contribution in [3.05, 3.63) is 0 Å². The van der Waals surface area contributed by atoms with E-state index in [2.05, 4.69) is 35.0 Å². The topological polar surface area (TPSA) is 27.7 Å². The minimum absolute atomic E-state index is 0.0780. The summed E-state index contributed by atoms with van der Waals surface area (Å²) < 4.78 is 5.80. The highest BCUT2D eigenvalue weighted by atomic mass is 16.5. The van der Waals surface area contributed by atoms with Crippen LogP contribution in [0.4, 0.5) is 0 Å². The highest BCUT2D eigenvalue weighted by Crippen LogP contribution is 2.19. The van der Waals surface area contributed by atoms with Crippen LogP contribution in [0.1, 0.15) is 26.2 Å². The van der Waals surface area contributed by atoms with Gasteiger partial charge in [0.2, 0.25) is 0 Å². The molecular formula is C17H31N3O. The average Bonchev–Trinajstić information content (AvgIpc) is 2.47. The first kappa shape index (κ1) is 16.8. The minimum Gasteiger partial charge on any atom is -0.379 e. The van der Waals surface area contributed by atoms with Crippen LogP contribution in [0.2, 0.25) is 0 Å². The second kappa shape index (κ2) is 8.14. The molecule has 2 saturated heterocycles. The molecule has 0 radical (unpaired) electrons. The number of likely N-dealkylation sites (tertiary alicyclic amines) is 1. The summed E-state index contributed by atoms with van der Waals surface area (Å²) >= 11 is 0. The van der Waals surface area contributed by atoms with Gasteiger partial charge in [-0.05, 0) is 38.9 Å². The zero-order valence-corrected chi connectivity index (χ0v) is 13.7. The van der Waals surface area contributed by atoms with Gasteiger partial charge in [-0.15, -0.1) is 6.42 Å². The van der Waals surface area contributed by atoms with Crippen LogP contribution in [0, 0.1) is 18.3 Å². The summed E-state index contributed by atoms with van der Waals surface area (Å²) in [6, 6.07) is 0. The summed E-state index contributed by atoms with van der Waals surface area (Å²) in [4.78, 5) is 4.78. The Kier molecular flexibility index (Phi) is 6.50. The molecule has 4 nitrogen and oxygen atoms in total. The van der Waals surface area contributed by atoms with Gasteiger partial charge in [0.15, 0.2) is 0 Å². The van der Waals surface area contributed by atoms with Crippen molar-refractivity contribution >= 4 is 0 Å². The molecule has 4 heteroatoms. The molecule has 120 valence electrons. The van der Waals surface area contributed by atoms with Crippen LogP contribution < -0.4 is 5.32 Å². The number of terminal acetylenes is 1. The van der Waals surface area contributed by atoms with Gasteiger partial charge in [-0.1, -0.05) is 19.3 Å². The Bertz CT molecular complexity index is 340. The van der Waals surface area contributed by atoms with Crippen LogP contribution in [-0.4, -0.2) is 74.9 Å². The van der Waals surface area contributed by atoms with Crippen molar-refractivity contribution in [3.63, 3.8) is 0 Å². The molecule has 2 rings (SSSR count). The van der Waals surface area contributed by atoms with Crippen LogP contribution in [0.15, 0.2) is 0 Å². The maximum absolute atomic E-state index is 5.80. The maximum atomic E-state index is 5.80. The lowest BCUT2D eigenvalue weighted by Gasteiger charge is -2.45. The number of nitrogens with zero attached hydrogens (tertiary/aromatic N) is 2. The summed E-state index contributed by atoms with van der Waals surface area (Å²) in [5.74, 6) is 3.87. The van der Waals surface area contributed by atoms with E-state index in [4.69, 9.17) is 11.2 Å². The van der Waals surface area contributed by atoms with Crippen LogP contribution in [0.5, 0.6) is 0 Å². The Hall–Kier alpha value is -0.600. The van der Waals surface area contributed by atoms with Gasteiger partial charge in [0.05, 0.1) is 13.2 Å². The van der Waals surface area contributed by atoms with E-state index in [1.807, 2.05) is 0 Å². The van der Waals surface area contributed by atoms with Gasteiger partial charge < -0.3 is 15.0 Å². The first-order valence-corrected chi connectivity index (χ1v) is 8.40. The Morgan fingerprint density at radius 2 is 2.05 bits per heavy atom. The second-order valence-electron chi connectivity index (χ2n) is 6.51. The fraction of sp³-hybridized carbons (Fsp3) is 0.882. The molecule has 0 bridgehead atoms. The highest BCUT2D eigenvalue weighted by molar-refractivity contribution is 5.21. The van der Waals surface area contributed by atoms with E-state index < -0.39 is 0 Å². The van der Waals surface area contributed by atoms with E-state index in [1.165, 1.54) is 32.4 Å². The molecule has 0 aromatic rings. The van der Waals surface area contributed by atoms with Crippen molar-refractivity contribution in [2.24, 2.45) is 5.92 Å². The number of likely N-dealkylation sites (N-methyl/N-ethyl adjacent to an activating group) is 1. The average molecular weight is 293 g/mol. The van der Waals surface area contributed by atoms with E-state index in [9.17, 15) is 0 Å². The van der Waals surface area contributed by atoms with Crippen LogP contribution in [0.25, 0.3) is 0 Å². The fourth-order valence-corrected chi connectivity index (χ4v) is 3.17. The Labute approximate surface area is 130 Å². The Balaban J connectivity index is 1.52. The summed E-state index contributed by atoms with van der Waals surface area (Å²) in [6.45, 7) is 10.2. The lowest BCUT2D eigenvalue weighted by atomic mass is 9.92. The Morgan fingerprint density at radius 3 is 2.57 bits per heavy atom. The van der Waals surface area contributed by atoms with Gasteiger partial charge in [0, 0.05) is 26.2 Å². The number of rotatable bonds is 8. The smallest absolute Gasteiger partial charge is 0.107 e. The van der Waals surface area contributed by atoms with Crippen molar-refractivity contribution in [1.82, 2.24) is 15.1 Å². The molecule has 2 fully saturated rings. The number of hydrogen-bond acceptors (Lipinski definition) is 4. The van der Waals surface area contributed by atoms with Crippen LogP contribution >= 0.6 is 0 Å². The van der Waals surface area contributed by atoms with Gasteiger partial charge in [0.1, 0.15) is 5.54 Å². The second-order valence-corrected chi connectivity index (χ2v) is 6.51. The van der Waals surface area contributed by atoms with E-state index in [0.717, 1.165) is 45.3 Å². The van der Waals surface area contributed by atoms with Crippen molar-refractivity contribution < 1.29 is 4.74 Å². The van der Waals surface area contributed by atoms with E-state index in [1.54, 1.807) is 0 Å². The van der Waals surface area contributed by atoms with Crippen molar-refractivity contribution in [1.29, 1.82) is 0 Å².